The minimum atomic E-state index is -4.54. The number of hydrogen-bond acceptors (Lipinski definition) is 2. The smallest absolute Gasteiger partial charge is 0.382 e. The van der Waals surface area contributed by atoms with Crippen LogP contribution >= 0.6 is 0 Å². The fourth-order valence-corrected chi connectivity index (χ4v) is 1.20. The Morgan fingerprint density at radius 2 is 1.60 bits per heavy atom. The van der Waals surface area contributed by atoms with Crippen LogP contribution in [0.15, 0.2) is 0 Å². The first-order chi connectivity index (χ1) is 6.46. The van der Waals surface area contributed by atoms with Crippen LogP contribution < -0.4 is 0 Å². The summed E-state index contributed by atoms with van der Waals surface area (Å²) in [4.78, 5) is 1.53. The third kappa shape index (κ3) is 4.84. The topological polar surface area (TPSA) is 23.5 Å². The van der Waals surface area contributed by atoms with Crippen molar-refractivity contribution < 1.29 is 18.3 Å². The van der Waals surface area contributed by atoms with Gasteiger partial charge < -0.3 is 10.0 Å². The quantitative estimate of drug-likeness (QED) is 0.799. The second-order valence-electron chi connectivity index (χ2n) is 5.04. The van der Waals surface area contributed by atoms with Gasteiger partial charge in [-0.25, -0.2) is 0 Å². The Hall–Kier alpha value is -0.290. The van der Waals surface area contributed by atoms with Gasteiger partial charge in [-0.15, -0.1) is 0 Å². The molecular formula is C10H20F3NO. The van der Waals surface area contributed by atoms with E-state index in [2.05, 4.69) is 0 Å². The van der Waals surface area contributed by atoms with Gasteiger partial charge in [0.15, 0.2) is 6.10 Å². The van der Waals surface area contributed by atoms with Crippen molar-refractivity contribution in [3.8, 4) is 0 Å². The van der Waals surface area contributed by atoms with Crippen LogP contribution in [0.4, 0.5) is 13.2 Å². The molecule has 0 aliphatic rings. The molecule has 2 atom stereocenters. The SMILES string of the molecule is CC(N(C)CC(O)C(F)(F)F)C(C)(C)C. The molecule has 15 heavy (non-hydrogen) atoms. The van der Waals surface area contributed by atoms with Crippen molar-refractivity contribution in [1.82, 2.24) is 4.90 Å². The van der Waals surface area contributed by atoms with Crippen LogP contribution in [0.1, 0.15) is 27.7 Å². The van der Waals surface area contributed by atoms with E-state index < -0.39 is 12.3 Å². The molecule has 0 radical (unpaired) electrons. The molecule has 2 unspecified atom stereocenters. The van der Waals surface area contributed by atoms with E-state index in [9.17, 15) is 13.2 Å². The molecular weight excluding hydrogens is 207 g/mol. The first-order valence-electron chi connectivity index (χ1n) is 4.91. The third-order valence-electron chi connectivity index (χ3n) is 2.75. The summed E-state index contributed by atoms with van der Waals surface area (Å²) in [6.45, 7) is 7.32. The second-order valence-corrected chi connectivity index (χ2v) is 5.04. The fraction of sp³-hybridized carbons (Fsp3) is 1.00. The van der Waals surface area contributed by atoms with Gasteiger partial charge in [0.05, 0.1) is 0 Å². The molecule has 0 bridgehead atoms. The zero-order valence-corrected chi connectivity index (χ0v) is 9.89. The van der Waals surface area contributed by atoms with Gasteiger partial charge in [0.25, 0.3) is 0 Å². The van der Waals surface area contributed by atoms with Crippen LogP contribution in [0.5, 0.6) is 0 Å². The van der Waals surface area contributed by atoms with Crippen molar-refractivity contribution in [2.24, 2.45) is 5.41 Å². The van der Waals surface area contributed by atoms with Gasteiger partial charge in [-0.3, -0.25) is 0 Å². The predicted molar refractivity (Wildman–Crippen MR) is 53.6 cm³/mol. The minimum Gasteiger partial charge on any atom is -0.382 e. The number of rotatable bonds is 3. The molecule has 5 heteroatoms. The number of aliphatic hydroxyl groups excluding tert-OH is 1. The zero-order chi connectivity index (χ0) is 12.4. The normalized spacial score (nSPS) is 18.0. The van der Waals surface area contributed by atoms with Gasteiger partial charge in [0.2, 0.25) is 0 Å². The van der Waals surface area contributed by atoms with Gasteiger partial charge >= 0.3 is 6.18 Å². The Morgan fingerprint density at radius 1 is 1.20 bits per heavy atom. The lowest BCUT2D eigenvalue weighted by Gasteiger charge is -2.36. The Kier molecular flexibility index (Phi) is 4.61. The molecule has 0 amide bonds. The molecule has 0 rings (SSSR count). The summed E-state index contributed by atoms with van der Waals surface area (Å²) in [7, 11) is 1.59. The largest absolute Gasteiger partial charge is 0.415 e. The summed E-state index contributed by atoms with van der Waals surface area (Å²) < 4.78 is 36.3. The highest BCUT2D eigenvalue weighted by molar-refractivity contribution is 4.80. The van der Waals surface area contributed by atoms with E-state index in [1.807, 2.05) is 27.7 Å². The summed E-state index contributed by atoms with van der Waals surface area (Å²) in [5.74, 6) is 0. The van der Waals surface area contributed by atoms with Crippen molar-refractivity contribution in [3.05, 3.63) is 0 Å². The van der Waals surface area contributed by atoms with E-state index in [0.717, 1.165) is 0 Å². The molecule has 0 saturated carbocycles. The Labute approximate surface area is 89.1 Å². The lowest BCUT2D eigenvalue weighted by Crippen LogP contribution is -2.46. The van der Waals surface area contributed by atoms with Gasteiger partial charge in [-0.1, -0.05) is 20.8 Å². The van der Waals surface area contributed by atoms with E-state index in [4.69, 9.17) is 5.11 Å². The highest BCUT2D eigenvalue weighted by atomic mass is 19.4. The monoisotopic (exact) mass is 227 g/mol. The molecule has 92 valence electrons. The number of hydrogen-bond donors (Lipinski definition) is 1. The molecule has 2 nitrogen and oxygen atoms in total. The first kappa shape index (κ1) is 14.7. The van der Waals surface area contributed by atoms with Crippen LogP contribution in [0, 0.1) is 5.41 Å². The fourth-order valence-electron chi connectivity index (χ4n) is 1.20. The van der Waals surface area contributed by atoms with Crippen molar-refractivity contribution in [2.45, 2.75) is 46.0 Å². The maximum atomic E-state index is 12.1. The number of halogens is 3. The Morgan fingerprint density at radius 3 is 1.87 bits per heavy atom. The number of nitrogens with zero attached hydrogens (tertiary/aromatic N) is 1. The molecule has 0 aromatic rings. The molecule has 0 spiro atoms. The predicted octanol–water partition coefficient (Wildman–Crippen LogP) is 2.28. The maximum absolute atomic E-state index is 12.1. The van der Waals surface area contributed by atoms with E-state index >= 15 is 0 Å². The van der Waals surface area contributed by atoms with Crippen molar-refractivity contribution >= 4 is 0 Å². The molecule has 0 saturated heterocycles. The van der Waals surface area contributed by atoms with E-state index in [-0.39, 0.29) is 18.0 Å². The van der Waals surface area contributed by atoms with Gasteiger partial charge in [0.1, 0.15) is 0 Å². The molecule has 0 aliphatic heterocycles. The van der Waals surface area contributed by atoms with E-state index in [1.165, 1.54) is 4.90 Å². The summed E-state index contributed by atoms with van der Waals surface area (Å²) in [6.07, 6.45) is -6.81. The van der Waals surface area contributed by atoms with Gasteiger partial charge in [-0.2, -0.15) is 13.2 Å². The van der Waals surface area contributed by atoms with Gasteiger partial charge in [0, 0.05) is 12.6 Å². The first-order valence-corrected chi connectivity index (χ1v) is 4.91. The average Bonchev–Trinajstić information content (AvgIpc) is 1.99. The molecule has 0 aliphatic carbocycles. The standard InChI is InChI=1S/C10H20F3NO/c1-7(9(2,3)4)14(5)6-8(15)10(11,12)13/h7-8,15H,6H2,1-5H3. The summed E-state index contributed by atoms with van der Waals surface area (Å²) in [6, 6.07) is -0.0329. The highest BCUT2D eigenvalue weighted by Crippen LogP contribution is 2.25. The van der Waals surface area contributed by atoms with Crippen LogP contribution in [0.25, 0.3) is 0 Å². The lowest BCUT2D eigenvalue weighted by atomic mass is 9.87. The van der Waals surface area contributed by atoms with Crippen molar-refractivity contribution in [3.63, 3.8) is 0 Å². The molecule has 0 aromatic carbocycles. The minimum absolute atomic E-state index is 0.0329. The van der Waals surface area contributed by atoms with Crippen LogP contribution in [-0.2, 0) is 0 Å². The van der Waals surface area contributed by atoms with E-state index in [0.29, 0.717) is 0 Å². The maximum Gasteiger partial charge on any atom is 0.415 e. The lowest BCUT2D eigenvalue weighted by molar-refractivity contribution is -0.209. The van der Waals surface area contributed by atoms with E-state index in [1.54, 1.807) is 7.05 Å². The summed E-state index contributed by atoms with van der Waals surface area (Å²) in [5.41, 5.74) is -0.111. The Bertz CT molecular complexity index is 198. The van der Waals surface area contributed by atoms with Crippen LogP contribution in [-0.4, -0.2) is 41.9 Å². The number of likely N-dealkylation sites (N-methyl/N-ethyl adjacent to an activating group) is 1. The highest BCUT2D eigenvalue weighted by Gasteiger charge is 2.39. The zero-order valence-electron chi connectivity index (χ0n) is 9.89. The molecule has 0 fully saturated rings. The molecule has 0 aromatic heterocycles. The second kappa shape index (κ2) is 4.70. The summed E-state index contributed by atoms with van der Waals surface area (Å²) in [5, 5.41) is 8.90. The average molecular weight is 227 g/mol. The Balaban J connectivity index is 4.32. The molecule has 1 N–H and O–H groups in total. The summed E-state index contributed by atoms with van der Waals surface area (Å²) >= 11 is 0. The van der Waals surface area contributed by atoms with Crippen molar-refractivity contribution in [2.75, 3.05) is 13.6 Å². The van der Waals surface area contributed by atoms with Crippen LogP contribution in [0.2, 0.25) is 0 Å². The van der Waals surface area contributed by atoms with Gasteiger partial charge in [-0.05, 0) is 19.4 Å². The van der Waals surface area contributed by atoms with Crippen molar-refractivity contribution in [1.29, 1.82) is 0 Å². The number of aliphatic hydroxyl groups is 1. The third-order valence-corrected chi connectivity index (χ3v) is 2.75. The molecule has 0 heterocycles. The number of alkyl halides is 3. The van der Waals surface area contributed by atoms with Crippen LogP contribution in [0.3, 0.4) is 0 Å².